The van der Waals surface area contributed by atoms with Crippen molar-refractivity contribution in [3.05, 3.63) is 22.7 Å². The van der Waals surface area contributed by atoms with Gasteiger partial charge in [-0.25, -0.2) is 0 Å². The van der Waals surface area contributed by atoms with Gasteiger partial charge in [-0.2, -0.15) is 0 Å². The number of benzene rings is 1. The van der Waals surface area contributed by atoms with Crippen molar-refractivity contribution < 1.29 is 14.3 Å². The second-order valence-electron chi connectivity index (χ2n) is 6.26. The zero-order valence-corrected chi connectivity index (χ0v) is 14.3. The maximum atomic E-state index is 12.5. The molecule has 2 saturated heterocycles. The number of hydrogen-bond acceptors (Lipinski definition) is 4. The first-order valence-corrected chi connectivity index (χ1v) is 8.15. The van der Waals surface area contributed by atoms with E-state index >= 15 is 0 Å². The van der Waals surface area contributed by atoms with Crippen LogP contribution in [0.15, 0.2) is 12.1 Å². The first kappa shape index (κ1) is 16.7. The van der Waals surface area contributed by atoms with Gasteiger partial charge in [0.15, 0.2) is 11.5 Å². The molecule has 0 aromatic heterocycles. The molecular formula is C16H20Cl2N2O3. The summed E-state index contributed by atoms with van der Waals surface area (Å²) in [5, 5.41) is 3.91. The number of rotatable bonds is 2. The van der Waals surface area contributed by atoms with E-state index in [0.717, 1.165) is 31.7 Å². The van der Waals surface area contributed by atoms with Crippen LogP contribution < -0.4 is 14.8 Å². The predicted molar refractivity (Wildman–Crippen MR) is 89.8 cm³/mol. The van der Waals surface area contributed by atoms with E-state index < -0.39 is 0 Å². The first-order chi connectivity index (χ1) is 10.7. The predicted octanol–water partition coefficient (Wildman–Crippen LogP) is 1.75. The van der Waals surface area contributed by atoms with Crippen molar-refractivity contribution in [1.29, 1.82) is 0 Å². The molecular weight excluding hydrogens is 339 g/mol. The zero-order valence-electron chi connectivity index (χ0n) is 12.7. The summed E-state index contributed by atoms with van der Waals surface area (Å²) in [7, 11) is 0. The molecule has 1 aromatic rings. The largest absolute Gasteiger partial charge is 0.486 e. The molecule has 2 atom stereocenters. The van der Waals surface area contributed by atoms with Crippen LogP contribution in [-0.4, -0.2) is 50.2 Å². The molecule has 126 valence electrons. The highest BCUT2D eigenvalue weighted by Crippen LogP contribution is 2.38. The lowest BCUT2D eigenvalue weighted by molar-refractivity contribution is -0.129. The molecule has 0 bridgehead atoms. The van der Waals surface area contributed by atoms with Gasteiger partial charge < -0.3 is 19.7 Å². The van der Waals surface area contributed by atoms with Crippen molar-refractivity contribution in [1.82, 2.24) is 10.2 Å². The highest BCUT2D eigenvalue weighted by molar-refractivity contribution is 6.32. The third kappa shape index (κ3) is 3.23. The molecule has 7 heteroatoms. The Hall–Kier alpha value is -1.17. The molecule has 3 aliphatic heterocycles. The van der Waals surface area contributed by atoms with Crippen molar-refractivity contribution in [3.8, 4) is 11.5 Å². The molecule has 3 aliphatic rings. The molecule has 0 spiro atoms. The van der Waals surface area contributed by atoms with E-state index in [9.17, 15) is 4.79 Å². The van der Waals surface area contributed by atoms with Gasteiger partial charge in [-0.3, -0.25) is 4.79 Å². The van der Waals surface area contributed by atoms with Gasteiger partial charge in [0, 0.05) is 26.2 Å². The molecule has 0 aliphatic carbocycles. The molecule has 5 nitrogen and oxygen atoms in total. The van der Waals surface area contributed by atoms with Crippen molar-refractivity contribution in [2.24, 2.45) is 11.8 Å². The second kappa shape index (κ2) is 6.75. The average molecular weight is 359 g/mol. The molecule has 0 radical (unpaired) electrons. The molecule has 1 aromatic carbocycles. The van der Waals surface area contributed by atoms with Crippen LogP contribution in [0.5, 0.6) is 11.5 Å². The summed E-state index contributed by atoms with van der Waals surface area (Å²) in [5.41, 5.74) is 0.884. The summed E-state index contributed by atoms with van der Waals surface area (Å²) in [6.07, 6.45) is 0.364. The molecule has 2 fully saturated rings. The third-order valence-corrected chi connectivity index (χ3v) is 5.03. The molecule has 3 heterocycles. The lowest BCUT2D eigenvalue weighted by Gasteiger charge is -2.21. The van der Waals surface area contributed by atoms with Crippen LogP contribution in [0.2, 0.25) is 5.02 Å². The number of nitrogens with one attached hydrogen (secondary N) is 1. The minimum absolute atomic E-state index is 0. The minimum Gasteiger partial charge on any atom is -0.486 e. The van der Waals surface area contributed by atoms with Gasteiger partial charge >= 0.3 is 0 Å². The Morgan fingerprint density at radius 3 is 2.65 bits per heavy atom. The third-order valence-electron chi connectivity index (χ3n) is 4.75. The van der Waals surface area contributed by atoms with Crippen LogP contribution >= 0.6 is 24.0 Å². The number of amides is 1. The summed E-state index contributed by atoms with van der Waals surface area (Å²) in [6.45, 7) is 4.83. The monoisotopic (exact) mass is 358 g/mol. The van der Waals surface area contributed by atoms with Crippen LogP contribution in [-0.2, 0) is 11.2 Å². The van der Waals surface area contributed by atoms with Crippen LogP contribution in [0, 0.1) is 11.8 Å². The summed E-state index contributed by atoms with van der Waals surface area (Å²) >= 11 is 6.23. The van der Waals surface area contributed by atoms with Gasteiger partial charge in [0.1, 0.15) is 13.2 Å². The van der Waals surface area contributed by atoms with E-state index in [1.54, 1.807) is 0 Å². The van der Waals surface area contributed by atoms with Crippen LogP contribution in [0.3, 0.4) is 0 Å². The topological polar surface area (TPSA) is 50.8 Å². The van der Waals surface area contributed by atoms with Gasteiger partial charge in [-0.15, -0.1) is 12.4 Å². The normalized spacial score (nSPS) is 25.0. The number of halogens is 2. The minimum atomic E-state index is 0. The lowest BCUT2D eigenvalue weighted by Crippen LogP contribution is -2.33. The standard InChI is InChI=1S/C16H19ClN2O3.ClH/c17-13-3-10(4-14-16(13)22-2-1-21-14)5-15(20)19-8-11-6-18-7-12(11)9-19;/h3-4,11-12,18H,1-2,5-9H2;1H/t11-,12+;. The van der Waals surface area contributed by atoms with E-state index in [1.165, 1.54) is 0 Å². The highest BCUT2D eigenvalue weighted by atomic mass is 35.5. The summed E-state index contributed by atoms with van der Waals surface area (Å²) in [4.78, 5) is 14.5. The maximum Gasteiger partial charge on any atom is 0.227 e. The molecule has 1 N–H and O–H groups in total. The fraction of sp³-hybridized carbons (Fsp3) is 0.562. The van der Waals surface area contributed by atoms with Crippen molar-refractivity contribution in [2.75, 3.05) is 39.4 Å². The Balaban J connectivity index is 0.00000156. The molecule has 0 saturated carbocycles. The average Bonchev–Trinajstić information content (AvgIpc) is 3.08. The van der Waals surface area contributed by atoms with E-state index in [4.69, 9.17) is 21.1 Å². The van der Waals surface area contributed by atoms with Crippen LogP contribution in [0.25, 0.3) is 0 Å². The van der Waals surface area contributed by atoms with Crippen LogP contribution in [0.4, 0.5) is 0 Å². The summed E-state index contributed by atoms with van der Waals surface area (Å²) in [5.74, 6) is 2.64. The quantitative estimate of drug-likeness (QED) is 0.874. The van der Waals surface area contributed by atoms with Gasteiger partial charge in [0.05, 0.1) is 11.4 Å². The number of likely N-dealkylation sites (tertiary alicyclic amines) is 1. The number of nitrogens with zero attached hydrogens (tertiary/aromatic N) is 1. The number of hydrogen-bond donors (Lipinski definition) is 1. The number of carbonyl (C=O) groups excluding carboxylic acids is 1. The van der Waals surface area contributed by atoms with Gasteiger partial charge in [-0.05, 0) is 29.5 Å². The second-order valence-corrected chi connectivity index (χ2v) is 6.66. The van der Waals surface area contributed by atoms with Crippen molar-refractivity contribution in [3.63, 3.8) is 0 Å². The number of ether oxygens (including phenoxy) is 2. The van der Waals surface area contributed by atoms with Gasteiger partial charge in [0.2, 0.25) is 5.91 Å². The molecule has 1 amide bonds. The zero-order chi connectivity index (χ0) is 15.1. The molecule has 23 heavy (non-hydrogen) atoms. The van der Waals surface area contributed by atoms with Gasteiger partial charge in [-0.1, -0.05) is 11.6 Å². The SMILES string of the molecule is Cl.O=C(Cc1cc(Cl)c2c(c1)OCCO2)N1C[C@H]2CNC[C@H]2C1. The Morgan fingerprint density at radius 2 is 1.91 bits per heavy atom. The Kier molecular flexibility index (Phi) is 4.90. The Morgan fingerprint density at radius 1 is 1.22 bits per heavy atom. The van der Waals surface area contributed by atoms with Crippen molar-refractivity contribution >= 4 is 29.9 Å². The molecule has 4 rings (SSSR count). The highest BCUT2D eigenvalue weighted by Gasteiger charge is 2.37. The number of fused-ring (bicyclic) bond motifs is 2. The van der Waals surface area contributed by atoms with E-state index in [0.29, 0.717) is 48.0 Å². The fourth-order valence-corrected chi connectivity index (χ4v) is 3.90. The van der Waals surface area contributed by atoms with E-state index in [2.05, 4.69) is 5.32 Å². The number of carbonyl (C=O) groups is 1. The van der Waals surface area contributed by atoms with Gasteiger partial charge in [0.25, 0.3) is 0 Å². The lowest BCUT2D eigenvalue weighted by atomic mass is 10.0. The molecule has 0 unspecified atom stereocenters. The first-order valence-electron chi connectivity index (χ1n) is 7.77. The summed E-state index contributed by atoms with van der Waals surface area (Å²) in [6, 6.07) is 3.68. The smallest absolute Gasteiger partial charge is 0.227 e. The van der Waals surface area contributed by atoms with E-state index in [-0.39, 0.29) is 18.3 Å². The van der Waals surface area contributed by atoms with Crippen molar-refractivity contribution in [2.45, 2.75) is 6.42 Å². The fourth-order valence-electron chi connectivity index (χ4n) is 3.61. The Bertz CT molecular complexity index is 599. The maximum absolute atomic E-state index is 12.5. The van der Waals surface area contributed by atoms with E-state index in [1.807, 2.05) is 17.0 Å². The Labute approximate surface area is 146 Å². The van der Waals surface area contributed by atoms with Crippen LogP contribution in [0.1, 0.15) is 5.56 Å². The summed E-state index contributed by atoms with van der Waals surface area (Å²) < 4.78 is 11.1.